The first-order chi connectivity index (χ1) is 10.8. The number of anilines is 1. The van der Waals surface area contributed by atoms with E-state index in [2.05, 4.69) is 5.32 Å². The molecule has 0 fully saturated rings. The Morgan fingerprint density at radius 1 is 1.00 bits per heavy atom. The van der Waals surface area contributed by atoms with Crippen molar-refractivity contribution in [1.29, 1.82) is 0 Å². The zero-order chi connectivity index (χ0) is 17.1. The van der Waals surface area contributed by atoms with Crippen molar-refractivity contribution in [3.63, 3.8) is 0 Å². The van der Waals surface area contributed by atoms with Gasteiger partial charge >= 0.3 is 5.97 Å². The third kappa shape index (κ3) is 3.62. The number of rotatable bonds is 3. The summed E-state index contributed by atoms with van der Waals surface area (Å²) in [5.74, 6) is -0.632. The Labute approximate surface area is 137 Å². The number of ether oxygens (including phenoxy) is 1. The largest absolute Gasteiger partial charge is 0.465 e. The molecule has 2 aromatic carbocycles. The van der Waals surface area contributed by atoms with E-state index in [1.807, 2.05) is 26.8 Å². The molecule has 0 aromatic heterocycles. The van der Waals surface area contributed by atoms with Crippen LogP contribution in [0.1, 0.15) is 37.4 Å². The summed E-state index contributed by atoms with van der Waals surface area (Å²) in [6, 6.07) is 8.61. The molecule has 1 amide bonds. The molecule has 0 aliphatic heterocycles. The average Bonchev–Trinajstić information content (AvgIpc) is 2.51. The molecule has 0 bridgehead atoms. The Balaban J connectivity index is 2.35. The lowest BCUT2D eigenvalue weighted by molar-refractivity contribution is 0.0600. The van der Waals surface area contributed by atoms with Crippen LogP contribution in [0.3, 0.4) is 0 Å². The predicted molar refractivity (Wildman–Crippen MR) is 91.8 cm³/mol. The molecule has 0 atom stereocenters. The zero-order valence-corrected chi connectivity index (χ0v) is 13.7. The van der Waals surface area contributed by atoms with Crippen molar-refractivity contribution in [3.05, 3.63) is 58.1 Å². The van der Waals surface area contributed by atoms with Crippen molar-refractivity contribution < 1.29 is 14.3 Å². The Kier molecular flexibility index (Phi) is 4.89. The molecular formula is C18H18BNO3. The maximum Gasteiger partial charge on any atom is 0.337 e. The molecular weight excluding hydrogens is 289 g/mol. The standard InChI is InChI=1S/C18H18BNO3/c1-10-5-6-14(19)9-15(10)17(21)20-16-11(2)7-13(8-12(16)3)18(22)23-4/h5-9H,1-4H3,(H,20,21). The topological polar surface area (TPSA) is 55.4 Å². The number of carbonyl (C=O) groups is 2. The first-order valence-electron chi connectivity index (χ1n) is 7.20. The lowest BCUT2D eigenvalue weighted by atomic mass is 9.92. The van der Waals surface area contributed by atoms with Gasteiger partial charge in [-0.25, -0.2) is 4.79 Å². The number of methoxy groups -OCH3 is 1. The van der Waals surface area contributed by atoms with E-state index in [-0.39, 0.29) is 5.91 Å². The van der Waals surface area contributed by atoms with Crippen molar-refractivity contribution >= 4 is 30.9 Å². The Morgan fingerprint density at radius 2 is 1.61 bits per heavy atom. The molecule has 0 saturated carbocycles. The molecule has 0 heterocycles. The van der Waals surface area contributed by atoms with Gasteiger partial charge in [0.25, 0.3) is 5.91 Å². The molecule has 1 N–H and O–H groups in total. The molecule has 5 heteroatoms. The molecule has 2 rings (SSSR count). The van der Waals surface area contributed by atoms with Crippen molar-refractivity contribution in [2.75, 3.05) is 12.4 Å². The number of aryl methyl sites for hydroxylation is 3. The molecule has 0 aliphatic carbocycles. The lowest BCUT2D eigenvalue weighted by Crippen LogP contribution is -2.18. The molecule has 116 valence electrons. The normalized spacial score (nSPS) is 10.3. The van der Waals surface area contributed by atoms with Crippen molar-refractivity contribution in [1.82, 2.24) is 0 Å². The van der Waals surface area contributed by atoms with Crippen LogP contribution in [-0.4, -0.2) is 26.8 Å². The third-order valence-electron chi connectivity index (χ3n) is 3.70. The first kappa shape index (κ1) is 16.8. The Hall–Kier alpha value is -2.56. The second-order valence-corrected chi connectivity index (χ2v) is 5.51. The summed E-state index contributed by atoms with van der Waals surface area (Å²) >= 11 is 0. The lowest BCUT2D eigenvalue weighted by Gasteiger charge is -2.14. The summed E-state index contributed by atoms with van der Waals surface area (Å²) in [5.41, 5.74) is 4.64. The number of esters is 1. The van der Waals surface area contributed by atoms with Crippen LogP contribution >= 0.6 is 0 Å². The quantitative estimate of drug-likeness (QED) is 0.700. The average molecular weight is 307 g/mol. The number of amides is 1. The van der Waals surface area contributed by atoms with Crippen LogP contribution in [0.15, 0.2) is 30.3 Å². The summed E-state index contributed by atoms with van der Waals surface area (Å²) in [7, 11) is 7.09. The summed E-state index contributed by atoms with van der Waals surface area (Å²) < 4.78 is 4.73. The van der Waals surface area contributed by atoms with E-state index in [1.54, 1.807) is 24.3 Å². The molecule has 0 aliphatic rings. The van der Waals surface area contributed by atoms with Crippen molar-refractivity contribution in [2.24, 2.45) is 0 Å². The molecule has 4 nitrogen and oxygen atoms in total. The van der Waals surface area contributed by atoms with Gasteiger partial charge in [-0.1, -0.05) is 23.7 Å². The van der Waals surface area contributed by atoms with Gasteiger partial charge in [-0.2, -0.15) is 0 Å². The zero-order valence-electron chi connectivity index (χ0n) is 13.7. The SMILES string of the molecule is [B]c1ccc(C)c(C(=O)Nc2c(C)cc(C(=O)OC)cc2C)c1. The van der Waals surface area contributed by atoms with E-state index >= 15 is 0 Å². The first-order valence-corrected chi connectivity index (χ1v) is 7.20. The van der Waals surface area contributed by atoms with Crippen LogP contribution in [0.5, 0.6) is 0 Å². The van der Waals surface area contributed by atoms with Crippen LogP contribution in [-0.2, 0) is 4.74 Å². The van der Waals surface area contributed by atoms with Crippen LogP contribution in [0, 0.1) is 20.8 Å². The van der Waals surface area contributed by atoms with Crippen LogP contribution in [0.2, 0.25) is 0 Å². The fraction of sp³-hybridized carbons (Fsp3) is 0.222. The summed E-state index contributed by atoms with van der Waals surface area (Å²) in [6.07, 6.45) is 0. The van der Waals surface area contributed by atoms with Gasteiger partial charge in [0.05, 0.1) is 12.7 Å². The molecule has 0 saturated heterocycles. The molecule has 0 unspecified atom stereocenters. The number of carbonyl (C=O) groups excluding carboxylic acids is 2. The number of hydrogen-bond acceptors (Lipinski definition) is 3. The monoisotopic (exact) mass is 307 g/mol. The van der Waals surface area contributed by atoms with Gasteiger partial charge < -0.3 is 10.1 Å². The minimum Gasteiger partial charge on any atom is -0.465 e. The predicted octanol–water partition coefficient (Wildman–Crippen LogP) is 2.44. The number of nitrogens with one attached hydrogen (secondary N) is 1. The second kappa shape index (κ2) is 6.69. The second-order valence-electron chi connectivity index (χ2n) is 5.51. The highest BCUT2D eigenvalue weighted by Crippen LogP contribution is 2.23. The van der Waals surface area contributed by atoms with E-state index in [0.29, 0.717) is 22.3 Å². The maximum atomic E-state index is 12.5. The third-order valence-corrected chi connectivity index (χ3v) is 3.70. The maximum absolute atomic E-state index is 12.5. The summed E-state index contributed by atoms with van der Waals surface area (Å²) in [4.78, 5) is 24.1. The Morgan fingerprint density at radius 3 is 2.17 bits per heavy atom. The number of benzene rings is 2. The van der Waals surface area contributed by atoms with Gasteiger partial charge in [0.15, 0.2) is 0 Å². The van der Waals surface area contributed by atoms with E-state index < -0.39 is 5.97 Å². The van der Waals surface area contributed by atoms with Gasteiger partial charge in [-0.15, -0.1) is 0 Å². The van der Waals surface area contributed by atoms with Crippen molar-refractivity contribution in [3.8, 4) is 0 Å². The highest BCUT2D eigenvalue weighted by atomic mass is 16.5. The van der Waals surface area contributed by atoms with E-state index in [1.165, 1.54) is 7.11 Å². The van der Waals surface area contributed by atoms with E-state index in [4.69, 9.17) is 12.6 Å². The molecule has 2 radical (unpaired) electrons. The van der Waals surface area contributed by atoms with Gasteiger partial charge in [-0.3, -0.25) is 4.79 Å². The Bertz CT molecular complexity index is 761. The van der Waals surface area contributed by atoms with Crippen LogP contribution < -0.4 is 10.8 Å². The highest BCUT2D eigenvalue weighted by molar-refractivity contribution is 6.32. The van der Waals surface area contributed by atoms with Crippen molar-refractivity contribution in [2.45, 2.75) is 20.8 Å². The van der Waals surface area contributed by atoms with E-state index in [9.17, 15) is 9.59 Å². The van der Waals surface area contributed by atoms with Crippen LogP contribution in [0.25, 0.3) is 0 Å². The van der Waals surface area contributed by atoms with Gasteiger partial charge in [-0.05, 0) is 49.6 Å². The van der Waals surface area contributed by atoms with E-state index in [0.717, 1.165) is 16.7 Å². The fourth-order valence-corrected chi connectivity index (χ4v) is 2.46. The van der Waals surface area contributed by atoms with Gasteiger partial charge in [0.2, 0.25) is 0 Å². The number of hydrogen-bond donors (Lipinski definition) is 1. The minimum absolute atomic E-state index is 0.230. The minimum atomic E-state index is -0.402. The molecule has 23 heavy (non-hydrogen) atoms. The molecule has 0 spiro atoms. The van der Waals surface area contributed by atoms with Gasteiger partial charge in [0, 0.05) is 11.3 Å². The molecule has 2 aromatic rings. The fourth-order valence-electron chi connectivity index (χ4n) is 2.46. The smallest absolute Gasteiger partial charge is 0.337 e. The summed E-state index contributed by atoms with van der Waals surface area (Å²) in [5, 5.41) is 2.90. The summed E-state index contributed by atoms with van der Waals surface area (Å²) in [6.45, 7) is 5.52. The van der Waals surface area contributed by atoms with Crippen LogP contribution in [0.4, 0.5) is 5.69 Å². The highest BCUT2D eigenvalue weighted by Gasteiger charge is 2.15. The van der Waals surface area contributed by atoms with Gasteiger partial charge in [0.1, 0.15) is 7.85 Å².